The van der Waals surface area contributed by atoms with Crippen LogP contribution in [0.1, 0.15) is 17.2 Å². The van der Waals surface area contributed by atoms with Crippen LogP contribution in [-0.2, 0) is 4.74 Å². The SMILES string of the molecule is COc1cc(C2=NCC(c3cc(OC)c(OC)c(OC)c3)O2)ccc1N. The molecule has 2 N–H and O–H groups in total. The number of hydrogen-bond acceptors (Lipinski definition) is 7. The van der Waals surface area contributed by atoms with E-state index in [1.807, 2.05) is 24.3 Å². The first-order valence-electron chi connectivity index (χ1n) is 8.06. The Labute approximate surface area is 152 Å². The number of anilines is 1. The van der Waals surface area contributed by atoms with Crippen molar-refractivity contribution >= 4 is 11.6 Å². The number of hydrogen-bond donors (Lipinski definition) is 1. The van der Waals surface area contributed by atoms with Gasteiger partial charge in [0, 0.05) is 11.1 Å². The Hall–Kier alpha value is -3.09. The van der Waals surface area contributed by atoms with Gasteiger partial charge < -0.3 is 29.4 Å². The standard InChI is InChI=1S/C19H22N2O5/c1-22-14-7-11(5-6-13(14)20)19-21-10-17(26-19)12-8-15(23-2)18(25-4)16(9-12)24-3/h5-9,17H,10,20H2,1-4H3. The maximum Gasteiger partial charge on any atom is 0.217 e. The van der Waals surface area contributed by atoms with Gasteiger partial charge in [0.05, 0.1) is 40.7 Å². The van der Waals surface area contributed by atoms with E-state index in [1.54, 1.807) is 34.5 Å². The van der Waals surface area contributed by atoms with Crippen molar-refractivity contribution in [3.63, 3.8) is 0 Å². The number of methoxy groups -OCH3 is 4. The molecule has 0 aromatic heterocycles. The summed E-state index contributed by atoms with van der Waals surface area (Å²) in [6.45, 7) is 0.487. The van der Waals surface area contributed by atoms with Crippen LogP contribution in [-0.4, -0.2) is 40.9 Å². The van der Waals surface area contributed by atoms with Gasteiger partial charge in [0.15, 0.2) is 11.5 Å². The van der Waals surface area contributed by atoms with Crippen molar-refractivity contribution in [2.24, 2.45) is 4.99 Å². The Morgan fingerprint density at radius 1 is 0.923 bits per heavy atom. The number of nitrogens with two attached hydrogens (primary N) is 1. The van der Waals surface area contributed by atoms with Crippen LogP contribution in [0, 0.1) is 0 Å². The van der Waals surface area contributed by atoms with Crippen molar-refractivity contribution in [3.8, 4) is 23.0 Å². The summed E-state index contributed by atoms with van der Waals surface area (Å²) >= 11 is 0. The predicted molar refractivity (Wildman–Crippen MR) is 98.7 cm³/mol. The Balaban J connectivity index is 1.86. The van der Waals surface area contributed by atoms with Crippen molar-refractivity contribution in [2.45, 2.75) is 6.10 Å². The van der Waals surface area contributed by atoms with Crippen LogP contribution >= 0.6 is 0 Å². The molecule has 0 bridgehead atoms. The lowest BCUT2D eigenvalue weighted by atomic mass is 10.1. The van der Waals surface area contributed by atoms with E-state index >= 15 is 0 Å². The number of nitrogens with zero attached hydrogens (tertiary/aromatic N) is 1. The fourth-order valence-corrected chi connectivity index (χ4v) is 2.84. The summed E-state index contributed by atoms with van der Waals surface area (Å²) in [7, 11) is 6.31. The summed E-state index contributed by atoms with van der Waals surface area (Å²) in [4.78, 5) is 4.51. The minimum absolute atomic E-state index is 0.248. The molecule has 0 fully saturated rings. The molecule has 0 saturated carbocycles. The first-order chi connectivity index (χ1) is 12.6. The molecule has 1 unspecified atom stereocenters. The van der Waals surface area contributed by atoms with E-state index in [9.17, 15) is 0 Å². The molecular formula is C19H22N2O5. The second-order valence-corrected chi connectivity index (χ2v) is 5.67. The van der Waals surface area contributed by atoms with Gasteiger partial charge in [0.1, 0.15) is 11.9 Å². The van der Waals surface area contributed by atoms with E-state index in [4.69, 9.17) is 29.4 Å². The van der Waals surface area contributed by atoms with Crippen LogP contribution in [0.5, 0.6) is 23.0 Å². The molecule has 0 amide bonds. The van der Waals surface area contributed by atoms with E-state index in [2.05, 4.69) is 4.99 Å². The van der Waals surface area contributed by atoms with Crippen LogP contribution in [0.2, 0.25) is 0 Å². The Kier molecular flexibility index (Phi) is 5.06. The number of rotatable bonds is 6. The summed E-state index contributed by atoms with van der Waals surface area (Å²) < 4.78 is 27.5. The van der Waals surface area contributed by atoms with Crippen molar-refractivity contribution in [1.29, 1.82) is 0 Å². The molecule has 0 spiro atoms. The quantitative estimate of drug-likeness (QED) is 0.800. The summed E-state index contributed by atoms with van der Waals surface area (Å²) in [6.07, 6.45) is -0.248. The molecule has 0 aliphatic carbocycles. The zero-order valence-corrected chi connectivity index (χ0v) is 15.2. The average molecular weight is 358 g/mol. The third-order valence-corrected chi connectivity index (χ3v) is 4.19. The molecule has 2 aromatic rings. The molecule has 7 heteroatoms. The highest BCUT2D eigenvalue weighted by Crippen LogP contribution is 2.41. The molecule has 138 valence electrons. The van der Waals surface area contributed by atoms with E-state index in [0.717, 1.165) is 11.1 Å². The minimum Gasteiger partial charge on any atom is -0.495 e. The van der Waals surface area contributed by atoms with Gasteiger partial charge in [-0.25, -0.2) is 4.99 Å². The molecule has 1 aliphatic rings. The highest BCUT2D eigenvalue weighted by atomic mass is 16.5. The van der Waals surface area contributed by atoms with Gasteiger partial charge in [-0.3, -0.25) is 0 Å². The second kappa shape index (κ2) is 7.43. The summed E-state index contributed by atoms with van der Waals surface area (Å²) in [6, 6.07) is 9.18. The molecule has 1 heterocycles. The van der Waals surface area contributed by atoms with Gasteiger partial charge in [-0.15, -0.1) is 0 Å². The lowest BCUT2D eigenvalue weighted by Crippen LogP contribution is -2.08. The van der Waals surface area contributed by atoms with Gasteiger partial charge in [-0.1, -0.05) is 0 Å². The van der Waals surface area contributed by atoms with Gasteiger partial charge in [-0.2, -0.15) is 0 Å². The van der Waals surface area contributed by atoms with Crippen LogP contribution in [0.3, 0.4) is 0 Å². The number of ether oxygens (including phenoxy) is 5. The van der Waals surface area contributed by atoms with E-state index in [0.29, 0.717) is 41.1 Å². The zero-order chi connectivity index (χ0) is 18.7. The monoisotopic (exact) mass is 358 g/mol. The normalized spacial score (nSPS) is 15.8. The number of nitrogen functional groups attached to an aromatic ring is 1. The van der Waals surface area contributed by atoms with E-state index in [1.165, 1.54) is 0 Å². The second-order valence-electron chi connectivity index (χ2n) is 5.67. The van der Waals surface area contributed by atoms with Gasteiger partial charge >= 0.3 is 0 Å². The predicted octanol–water partition coefficient (Wildman–Crippen LogP) is 2.82. The molecule has 7 nitrogen and oxygen atoms in total. The van der Waals surface area contributed by atoms with Crippen LogP contribution in [0.15, 0.2) is 35.3 Å². The highest BCUT2D eigenvalue weighted by Gasteiger charge is 2.26. The molecule has 3 rings (SSSR count). The largest absolute Gasteiger partial charge is 0.495 e. The first-order valence-corrected chi connectivity index (χ1v) is 8.06. The third kappa shape index (κ3) is 3.20. The maximum absolute atomic E-state index is 6.05. The average Bonchev–Trinajstić information content (AvgIpc) is 3.17. The van der Waals surface area contributed by atoms with Gasteiger partial charge in [0.2, 0.25) is 11.6 Å². The van der Waals surface area contributed by atoms with Crippen molar-refractivity contribution in [1.82, 2.24) is 0 Å². The smallest absolute Gasteiger partial charge is 0.217 e. The Morgan fingerprint density at radius 3 is 2.15 bits per heavy atom. The maximum atomic E-state index is 6.05. The van der Waals surface area contributed by atoms with Gasteiger partial charge in [0.25, 0.3) is 0 Å². The fourth-order valence-electron chi connectivity index (χ4n) is 2.84. The van der Waals surface area contributed by atoms with Crippen molar-refractivity contribution < 1.29 is 23.7 Å². The minimum atomic E-state index is -0.248. The summed E-state index contributed by atoms with van der Waals surface area (Å²) in [5, 5.41) is 0. The Bertz CT molecular complexity index is 810. The van der Waals surface area contributed by atoms with Crippen LogP contribution in [0.25, 0.3) is 0 Å². The van der Waals surface area contributed by atoms with Gasteiger partial charge in [-0.05, 0) is 30.3 Å². The topological polar surface area (TPSA) is 84.5 Å². The summed E-state index contributed by atoms with van der Waals surface area (Å²) in [5.74, 6) is 2.83. The molecule has 26 heavy (non-hydrogen) atoms. The summed E-state index contributed by atoms with van der Waals surface area (Å²) in [5.41, 5.74) is 8.13. The molecule has 0 saturated heterocycles. The molecular weight excluding hydrogens is 336 g/mol. The van der Waals surface area contributed by atoms with Crippen LogP contribution in [0.4, 0.5) is 5.69 Å². The highest BCUT2D eigenvalue weighted by molar-refractivity contribution is 5.96. The zero-order valence-electron chi connectivity index (χ0n) is 15.2. The van der Waals surface area contributed by atoms with E-state index < -0.39 is 0 Å². The number of aliphatic imine (C=N–C) groups is 1. The number of benzene rings is 2. The van der Waals surface area contributed by atoms with Crippen molar-refractivity contribution in [3.05, 3.63) is 41.5 Å². The molecule has 1 aliphatic heterocycles. The molecule has 2 aromatic carbocycles. The Morgan fingerprint density at radius 2 is 1.58 bits per heavy atom. The fraction of sp³-hybridized carbons (Fsp3) is 0.316. The lowest BCUT2D eigenvalue weighted by Gasteiger charge is -2.17. The molecule has 1 atom stereocenters. The lowest BCUT2D eigenvalue weighted by molar-refractivity contribution is 0.228. The third-order valence-electron chi connectivity index (χ3n) is 4.19. The van der Waals surface area contributed by atoms with Crippen molar-refractivity contribution in [2.75, 3.05) is 40.7 Å². The van der Waals surface area contributed by atoms with E-state index in [-0.39, 0.29) is 6.10 Å². The molecule has 0 radical (unpaired) electrons. The van der Waals surface area contributed by atoms with Crippen LogP contribution < -0.4 is 24.7 Å². The first kappa shape index (κ1) is 17.7.